The monoisotopic (exact) mass is 680 g/mol. The number of piperidine rings is 1. The number of ether oxygens (including phenoxy) is 3. The van der Waals surface area contributed by atoms with Crippen molar-refractivity contribution in [2.45, 2.75) is 92.2 Å². The summed E-state index contributed by atoms with van der Waals surface area (Å²) in [6.07, 6.45) is 8.28. The van der Waals surface area contributed by atoms with Crippen molar-refractivity contribution in [3.63, 3.8) is 0 Å². The lowest BCUT2D eigenvalue weighted by Gasteiger charge is -2.36. The van der Waals surface area contributed by atoms with Crippen LogP contribution >= 0.6 is 0 Å². The number of hydrogen-bond donors (Lipinski definition) is 0. The minimum absolute atomic E-state index is 0.116. The van der Waals surface area contributed by atoms with Crippen LogP contribution in [-0.2, 0) is 39.9 Å². The number of aryl methyl sites for hydroxylation is 1. The number of rotatable bonds is 17. The van der Waals surface area contributed by atoms with E-state index in [1.807, 2.05) is 19.9 Å². The molecule has 49 heavy (non-hydrogen) atoms. The van der Waals surface area contributed by atoms with Crippen molar-refractivity contribution in [3.8, 4) is 5.75 Å². The van der Waals surface area contributed by atoms with Crippen LogP contribution < -0.4 is 4.74 Å². The van der Waals surface area contributed by atoms with E-state index in [2.05, 4.69) is 4.98 Å². The van der Waals surface area contributed by atoms with Gasteiger partial charge in [0.2, 0.25) is 5.78 Å². The van der Waals surface area contributed by atoms with E-state index in [0.29, 0.717) is 37.2 Å². The molecule has 2 atom stereocenters. The van der Waals surface area contributed by atoms with Gasteiger partial charge in [-0.25, -0.2) is 14.0 Å². The zero-order chi connectivity index (χ0) is 36.1. The fourth-order valence-corrected chi connectivity index (χ4v) is 5.17. The Morgan fingerprint density at radius 3 is 2.51 bits per heavy atom. The molecule has 1 aliphatic heterocycles. The summed E-state index contributed by atoms with van der Waals surface area (Å²) in [5.74, 6) is -3.54. The number of pyridine rings is 1. The summed E-state index contributed by atoms with van der Waals surface area (Å²) in [7, 11) is 0. The topological polar surface area (TPSA) is 129 Å². The molecule has 0 bridgehead atoms. The molecular formula is C38H49FN2O8. The van der Waals surface area contributed by atoms with Gasteiger partial charge < -0.3 is 19.1 Å². The highest BCUT2D eigenvalue weighted by atomic mass is 19.1. The maximum Gasteiger partial charge on any atom is 0.330 e. The maximum atomic E-state index is 14.9. The lowest BCUT2D eigenvalue weighted by Crippen LogP contribution is -2.53. The number of hydrogen-bond acceptors (Lipinski definition) is 9. The first-order chi connectivity index (χ1) is 23.2. The number of Topliss-reactive ketones (excluding diaryl/α,β-unsaturated/α-hetero) is 2. The van der Waals surface area contributed by atoms with E-state index in [0.717, 1.165) is 11.6 Å². The second-order valence-electron chi connectivity index (χ2n) is 13.8. The summed E-state index contributed by atoms with van der Waals surface area (Å²) < 4.78 is 31.7. The van der Waals surface area contributed by atoms with Crippen LogP contribution in [0.3, 0.4) is 0 Å². The number of benzene rings is 1. The van der Waals surface area contributed by atoms with Gasteiger partial charge in [-0.3, -0.25) is 19.4 Å². The van der Waals surface area contributed by atoms with Crippen molar-refractivity contribution < 1.29 is 42.6 Å². The number of carbonyl (C=O) groups excluding carboxylic acids is 5. The van der Waals surface area contributed by atoms with Gasteiger partial charge in [0, 0.05) is 37.0 Å². The number of amides is 1. The summed E-state index contributed by atoms with van der Waals surface area (Å²) in [6.45, 7) is 10.2. The third-order valence-corrected chi connectivity index (χ3v) is 8.25. The molecule has 10 nitrogen and oxygen atoms in total. The Morgan fingerprint density at radius 2 is 1.84 bits per heavy atom. The average molecular weight is 681 g/mol. The van der Waals surface area contributed by atoms with Crippen molar-refractivity contribution in [2.24, 2.45) is 17.3 Å². The lowest BCUT2D eigenvalue weighted by atomic mass is 9.87. The van der Waals surface area contributed by atoms with Gasteiger partial charge in [-0.2, -0.15) is 0 Å². The molecule has 1 aromatic heterocycles. The first-order valence-electron chi connectivity index (χ1n) is 16.9. The lowest BCUT2D eigenvalue weighted by molar-refractivity contribution is -0.165. The van der Waals surface area contributed by atoms with Crippen LogP contribution in [0.5, 0.6) is 5.75 Å². The molecular weight excluding hydrogens is 631 g/mol. The van der Waals surface area contributed by atoms with Crippen molar-refractivity contribution in [1.29, 1.82) is 0 Å². The molecule has 0 spiro atoms. The van der Waals surface area contributed by atoms with Gasteiger partial charge in [-0.15, -0.1) is 0 Å². The molecule has 0 saturated carbocycles. The van der Waals surface area contributed by atoms with Crippen LogP contribution in [-0.4, -0.2) is 65.1 Å². The van der Waals surface area contributed by atoms with Gasteiger partial charge in [0.1, 0.15) is 36.9 Å². The summed E-state index contributed by atoms with van der Waals surface area (Å²) in [4.78, 5) is 70.5. The molecule has 3 rings (SSSR count). The van der Waals surface area contributed by atoms with Crippen LogP contribution in [0.25, 0.3) is 0 Å². The SMILES string of the molecule is CC(C)C/C=C\C(=O)OCC(C)(C)C(=O)C(=O)N1CCCC[C@H]1C(=O)O[C@H](CCc1cccnc1)c1cc(F)cc(OCC(=O)C(C)C)c1. The van der Waals surface area contributed by atoms with Gasteiger partial charge in [-0.05, 0) is 87.6 Å². The van der Waals surface area contributed by atoms with Crippen LogP contribution in [0.4, 0.5) is 4.39 Å². The number of carbonyl (C=O) groups is 5. The Labute approximate surface area is 288 Å². The average Bonchev–Trinajstić information content (AvgIpc) is 3.07. The third kappa shape index (κ3) is 12.2. The van der Waals surface area contributed by atoms with Crippen LogP contribution in [0.2, 0.25) is 0 Å². The van der Waals surface area contributed by atoms with E-state index in [-0.39, 0.29) is 50.1 Å². The van der Waals surface area contributed by atoms with Crippen molar-refractivity contribution in [3.05, 3.63) is 71.8 Å². The number of likely N-dealkylation sites (tertiary alicyclic amines) is 1. The van der Waals surface area contributed by atoms with E-state index < -0.39 is 47.0 Å². The van der Waals surface area contributed by atoms with E-state index in [1.54, 1.807) is 38.4 Å². The van der Waals surface area contributed by atoms with Gasteiger partial charge in [0.05, 0.1) is 5.41 Å². The molecule has 11 heteroatoms. The Bertz CT molecular complexity index is 1490. The molecule has 0 aliphatic carbocycles. The van der Waals surface area contributed by atoms with Crippen molar-refractivity contribution in [2.75, 3.05) is 19.8 Å². The van der Waals surface area contributed by atoms with Crippen molar-refractivity contribution in [1.82, 2.24) is 9.88 Å². The number of nitrogens with zero attached hydrogens (tertiary/aromatic N) is 2. The molecule has 1 amide bonds. The number of aromatic nitrogens is 1. The first-order valence-corrected chi connectivity index (χ1v) is 16.9. The minimum Gasteiger partial charge on any atom is -0.486 e. The summed E-state index contributed by atoms with van der Waals surface area (Å²) >= 11 is 0. The van der Waals surface area contributed by atoms with Crippen LogP contribution in [0, 0.1) is 23.1 Å². The van der Waals surface area contributed by atoms with E-state index in [9.17, 15) is 28.4 Å². The van der Waals surface area contributed by atoms with E-state index in [4.69, 9.17) is 14.2 Å². The quantitative estimate of drug-likeness (QED) is 0.110. The van der Waals surface area contributed by atoms with Gasteiger partial charge in [0.15, 0.2) is 5.78 Å². The Morgan fingerprint density at radius 1 is 1.08 bits per heavy atom. The first kappa shape index (κ1) is 39.0. The molecule has 1 saturated heterocycles. The maximum absolute atomic E-state index is 14.9. The summed E-state index contributed by atoms with van der Waals surface area (Å²) in [6, 6.07) is 6.55. The van der Waals surface area contributed by atoms with Gasteiger partial charge >= 0.3 is 11.9 Å². The zero-order valence-corrected chi connectivity index (χ0v) is 29.4. The highest BCUT2D eigenvalue weighted by Gasteiger charge is 2.42. The number of esters is 2. The molecule has 1 fully saturated rings. The highest BCUT2D eigenvalue weighted by molar-refractivity contribution is 6.38. The molecule has 0 unspecified atom stereocenters. The summed E-state index contributed by atoms with van der Waals surface area (Å²) in [5, 5.41) is 0. The predicted molar refractivity (Wildman–Crippen MR) is 181 cm³/mol. The second-order valence-corrected chi connectivity index (χ2v) is 13.8. The number of allylic oxidation sites excluding steroid dienone is 1. The summed E-state index contributed by atoms with van der Waals surface area (Å²) in [5.41, 5.74) is -0.150. The zero-order valence-electron chi connectivity index (χ0n) is 29.4. The largest absolute Gasteiger partial charge is 0.486 e. The normalized spacial score (nSPS) is 15.7. The second kappa shape index (κ2) is 18.4. The molecule has 2 heterocycles. The Hall–Kier alpha value is -4.41. The van der Waals surface area contributed by atoms with Crippen LogP contribution in [0.15, 0.2) is 54.9 Å². The van der Waals surface area contributed by atoms with Gasteiger partial charge in [-0.1, -0.05) is 39.8 Å². The van der Waals surface area contributed by atoms with Gasteiger partial charge in [0.25, 0.3) is 5.91 Å². The molecule has 2 aromatic rings. The number of halogens is 1. The number of ketones is 2. The highest BCUT2D eigenvalue weighted by Crippen LogP contribution is 2.31. The molecule has 1 aliphatic rings. The smallest absolute Gasteiger partial charge is 0.330 e. The van der Waals surface area contributed by atoms with Crippen LogP contribution in [0.1, 0.15) is 90.9 Å². The van der Waals surface area contributed by atoms with E-state index in [1.165, 1.54) is 37.0 Å². The third-order valence-electron chi connectivity index (χ3n) is 8.25. The predicted octanol–water partition coefficient (Wildman–Crippen LogP) is 6.16. The fourth-order valence-electron chi connectivity index (χ4n) is 5.17. The minimum atomic E-state index is -1.34. The van der Waals surface area contributed by atoms with Crippen molar-refractivity contribution >= 4 is 29.4 Å². The molecule has 0 radical (unpaired) electrons. The molecule has 0 N–H and O–H groups in total. The Kier molecular flexibility index (Phi) is 14.6. The fraction of sp³-hybridized carbons (Fsp3) is 0.526. The van der Waals surface area contributed by atoms with E-state index >= 15 is 0 Å². The standard InChI is InChI=1S/C38H49FN2O8/c1-25(2)11-9-14-34(43)48-24-38(5,6)35(44)36(45)41-18-8-7-13-31(41)37(46)49-33(16-15-27-12-10-17-40-22-27)28-19-29(39)21-30(20-28)47-23-32(42)26(3)4/h9-10,12,14,17,19-22,25-26,31,33H,7-8,11,13,15-16,18,23-24H2,1-6H3/b14-9-/t31-,33+/m0/s1. The Balaban J connectivity index is 1.79. The molecule has 266 valence electrons. The molecule has 1 aromatic carbocycles.